The van der Waals surface area contributed by atoms with Crippen molar-refractivity contribution in [3.63, 3.8) is 0 Å². The van der Waals surface area contributed by atoms with Gasteiger partial charge in [0.2, 0.25) is 0 Å². The average Bonchev–Trinajstić information content (AvgIpc) is 3.14. The lowest BCUT2D eigenvalue weighted by Crippen LogP contribution is -2.43. The topological polar surface area (TPSA) is 48.5 Å². The number of pyridine rings is 1. The van der Waals surface area contributed by atoms with Gasteiger partial charge in [0.25, 0.3) is 0 Å². The molecule has 1 N–H and O–H groups in total. The van der Waals surface area contributed by atoms with Gasteiger partial charge in [-0.15, -0.1) is 0 Å². The lowest BCUT2D eigenvalue weighted by atomic mass is 9.91. The monoisotopic (exact) mass is 344 g/mol. The summed E-state index contributed by atoms with van der Waals surface area (Å²) in [7, 11) is 3.92. The SMILES string of the molecule is CN(C)c1ncccc1CNC(=O)N1CCC(c2ccsc2)CC1. The molecule has 0 bridgehead atoms. The number of thiophene rings is 1. The number of nitrogens with one attached hydrogen (secondary N) is 1. The number of hydrogen-bond donors (Lipinski definition) is 1. The molecule has 2 aromatic rings. The van der Waals surface area contributed by atoms with Gasteiger partial charge in [0.1, 0.15) is 5.82 Å². The molecule has 2 aromatic heterocycles. The Labute approximate surface area is 147 Å². The van der Waals surface area contributed by atoms with E-state index in [1.165, 1.54) is 5.56 Å². The van der Waals surface area contributed by atoms with Crippen LogP contribution in [0.25, 0.3) is 0 Å². The van der Waals surface area contributed by atoms with Crippen LogP contribution >= 0.6 is 11.3 Å². The smallest absolute Gasteiger partial charge is 0.317 e. The third-order valence-corrected chi connectivity index (χ3v) is 5.22. The molecular formula is C18H24N4OS. The number of urea groups is 1. The highest BCUT2D eigenvalue weighted by Crippen LogP contribution is 2.29. The molecule has 3 heterocycles. The molecule has 3 rings (SSSR count). The zero-order chi connectivity index (χ0) is 16.9. The molecule has 6 heteroatoms. The number of carbonyl (C=O) groups excluding carboxylic acids is 1. The Balaban J connectivity index is 1.52. The van der Waals surface area contributed by atoms with Crippen molar-refractivity contribution >= 4 is 23.2 Å². The van der Waals surface area contributed by atoms with Gasteiger partial charge in [-0.25, -0.2) is 9.78 Å². The first-order chi connectivity index (χ1) is 11.6. The minimum absolute atomic E-state index is 0.0207. The highest BCUT2D eigenvalue weighted by Gasteiger charge is 2.24. The second-order valence-electron chi connectivity index (χ2n) is 6.36. The molecule has 0 spiro atoms. The van der Waals surface area contributed by atoms with Crippen molar-refractivity contribution in [3.05, 3.63) is 46.3 Å². The molecule has 2 amide bonds. The number of aromatic nitrogens is 1. The molecule has 0 aliphatic carbocycles. The van der Waals surface area contributed by atoms with E-state index in [0.717, 1.165) is 37.3 Å². The van der Waals surface area contributed by atoms with Crippen LogP contribution in [-0.4, -0.2) is 43.1 Å². The van der Waals surface area contributed by atoms with E-state index in [9.17, 15) is 4.79 Å². The van der Waals surface area contributed by atoms with Crippen LogP contribution < -0.4 is 10.2 Å². The van der Waals surface area contributed by atoms with E-state index in [-0.39, 0.29) is 6.03 Å². The van der Waals surface area contributed by atoms with Crippen LogP contribution in [0.1, 0.15) is 29.9 Å². The summed E-state index contributed by atoms with van der Waals surface area (Å²) in [5.41, 5.74) is 2.45. The number of amides is 2. The molecule has 0 atom stereocenters. The van der Waals surface area contributed by atoms with Gasteiger partial charge in [-0.3, -0.25) is 0 Å². The van der Waals surface area contributed by atoms with E-state index < -0.39 is 0 Å². The Hall–Kier alpha value is -2.08. The molecule has 128 valence electrons. The van der Waals surface area contributed by atoms with Crippen LogP contribution in [0.5, 0.6) is 0 Å². The highest BCUT2D eigenvalue weighted by atomic mass is 32.1. The van der Waals surface area contributed by atoms with E-state index in [1.54, 1.807) is 17.5 Å². The van der Waals surface area contributed by atoms with Crippen LogP contribution in [0, 0.1) is 0 Å². The molecule has 1 aliphatic rings. The van der Waals surface area contributed by atoms with Crippen LogP contribution in [0.3, 0.4) is 0 Å². The van der Waals surface area contributed by atoms with E-state index >= 15 is 0 Å². The molecule has 24 heavy (non-hydrogen) atoms. The number of nitrogens with zero attached hydrogens (tertiary/aromatic N) is 3. The summed E-state index contributed by atoms with van der Waals surface area (Å²) in [6.45, 7) is 2.14. The largest absolute Gasteiger partial charge is 0.362 e. The van der Waals surface area contributed by atoms with Crippen LogP contribution in [-0.2, 0) is 6.54 Å². The molecule has 5 nitrogen and oxygen atoms in total. The number of rotatable bonds is 4. The molecule has 0 radical (unpaired) electrons. The van der Waals surface area contributed by atoms with E-state index in [2.05, 4.69) is 27.1 Å². The maximum Gasteiger partial charge on any atom is 0.317 e. The predicted molar refractivity (Wildman–Crippen MR) is 98.7 cm³/mol. The number of carbonyl (C=O) groups is 1. The minimum Gasteiger partial charge on any atom is -0.362 e. The third-order valence-electron chi connectivity index (χ3n) is 4.52. The predicted octanol–water partition coefficient (Wildman–Crippen LogP) is 3.30. The quantitative estimate of drug-likeness (QED) is 0.926. The first-order valence-corrected chi connectivity index (χ1v) is 9.25. The van der Waals surface area contributed by atoms with Crippen LogP contribution in [0.15, 0.2) is 35.2 Å². The van der Waals surface area contributed by atoms with Crippen molar-refractivity contribution in [1.82, 2.24) is 15.2 Å². The zero-order valence-corrected chi connectivity index (χ0v) is 15.1. The van der Waals surface area contributed by atoms with Crippen molar-refractivity contribution in [1.29, 1.82) is 0 Å². The van der Waals surface area contributed by atoms with Crippen molar-refractivity contribution < 1.29 is 4.79 Å². The van der Waals surface area contributed by atoms with E-state index in [0.29, 0.717) is 12.5 Å². The minimum atomic E-state index is 0.0207. The fourth-order valence-electron chi connectivity index (χ4n) is 3.18. The molecule has 0 saturated carbocycles. The first-order valence-electron chi connectivity index (χ1n) is 8.31. The van der Waals surface area contributed by atoms with Gasteiger partial charge < -0.3 is 15.1 Å². The van der Waals surface area contributed by atoms with Crippen LogP contribution in [0.2, 0.25) is 0 Å². The molecule has 0 unspecified atom stereocenters. The maximum absolute atomic E-state index is 12.4. The Morgan fingerprint density at radius 1 is 1.38 bits per heavy atom. The van der Waals surface area contributed by atoms with Gasteiger partial charge in [0.05, 0.1) is 0 Å². The lowest BCUT2D eigenvalue weighted by molar-refractivity contribution is 0.181. The number of likely N-dealkylation sites (tertiary alicyclic amines) is 1. The fourth-order valence-corrected chi connectivity index (χ4v) is 3.92. The Morgan fingerprint density at radius 2 is 2.17 bits per heavy atom. The summed E-state index contributed by atoms with van der Waals surface area (Å²) in [5.74, 6) is 1.49. The number of hydrogen-bond acceptors (Lipinski definition) is 4. The summed E-state index contributed by atoms with van der Waals surface area (Å²) in [6, 6.07) is 6.13. The Morgan fingerprint density at radius 3 is 2.83 bits per heavy atom. The van der Waals surface area contributed by atoms with Gasteiger partial charge >= 0.3 is 6.03 Å². The Kier molecular flexibility index (Phi) is 5.35. The van der Waals surface area contributed by atoms with Crippen LogP contribution in [0.4, 0.5) is 10.6 Å². The summed E-state index contributed by atoms with van der Waals surface area (Å²) >= 11 is 1.75. The normalized spacial score (nSPS) is 15.3. The van der Waals surface area contributed by atoms with Crippen molar-refractivity contribution in [3.8, 4) is 0 Å². The molecule has 1 fully saturated rings. The number of anilines is 1. The second kappa shape index (κ2) is 7.66. The molecule has 1 saturated heterocycles. The molecular weight excluding hydrogens is 320 g/mol. The standard InChI is InChI=1S/C18H24N4OS/c1-21(2)17-15(4-3-8-19-17)12-20-18(23)22-9-5-14(6-10-22)16-7-11-24-13-16/h3-4,7-8,11,13-14H,5-6,9-10,12H2,1-2H3,(H,20,23). The van der Waals surface area contributed by atoms with Crippen molar-refractivity contribution in [2.45, 2.75) is 25.3 Å². The maximum atomic E-state index is 12.4. The molecule has 0 aromatic carbocycles. The van der Waals surface area contributed by atoms with E-state index in [1.807, 2.05) is 36.0 Å². The van der Waals surface area contributed by atoms with Gasteiger partial charge in [-0.2, -0.15) is 11.3 Å². The van der Waals surface area contributed by atoms with E-state index in [4.69, 9.17) is 0 Å². The van der Waals surface area contributed by atoms with Crippen molar-refractivity contribution in [2.75, 3.05) is 32.1 Å². The Bertz CT molecular complexity index is 663. The zero-order valence-electron chi connectivity index (χ0n) is 14.2. The average molecular weight is 344 g/mol. The van der Waals surface area contributed by atoms with Gasteiger partial charge in [-0.05, 0) is 47.2 Å². The summed E-state index contributed by atoms with van der Waals surface area (Å²) in [6.07, 6.45) is 3.86. The highest BCUT2D eigenvalue weighted by molar-refractivity contribution is 7.07. The summed E-state index contributed by atoms with van der Waals surface area (Å²) < 4.78 is 0. The molecule has 1 aliphatic heterocycles. The summed E-state index contributed by atoms with van der Waals surface area (Å²) in [5, 5.41) is 7.39. The fraction of sp³-hybridized carbons (Fsp3) is 0.444. The van der Waals surface area contributed by atoms with Gasteiger partial charge in [0, 0.05) is 45.5 Å². The first kappa shape index (κ1) is 16.8. The van der Waals surface area contributed by atoms with Gasteiger partial charge in [-0.1, -0.05) is 6.07 Å². The second-order valence-corrected chi connectivity index (χ2v) is 7.14. The third kappa shape index (κ3) is 3.87. The number of piperidine rings is 1. The lowest BCUT2D eigenvalue weighted by Gasteiger charge is -2.32. The van der Waals surface area contributed by atoms with Gasteiger partial charge in [0.15, 0.2) is 0 Å². The van der Waals surface area contributed by atoms with Crippen molar-refractivity contribution in [2.24, 2.45) is 0 Å². The summed E-state index contributed by atoms with van der Waals surface area (Å²) in [4.78, 5) is 20.7.